The maximum absolute atomic E-state index is 13.9. The van der Waals surface area contributed by atoms with Crippen molar-refractivity contribution < 1.29 is 13.2 Å². The van der Waals surface area contributed by atoms with E-state index in [0.29, 0.717) is 6.54 Å². The zero-order valence-corrected chi connectivity index (χ0v) is 21.0. The molecule has 192 valence electrons. The van der Waals surface area contributed by atoms with Gasteiger partial charge in [-0.15, -0.1) is 5.10 Å². The van der Waals surface area contributed by atoms with E-state index in [2.05, 4.69) is 19.5 Å². The number of halogens is 1. The number of aromatic nitrogens is 4. The van der Waals surface area contributed by atoms with Gasteiger partial charge in [0, 0.05) is 26.2 Å². The van der Waals surface area contributed by atoms with Crippen LogP contribution in [0.3, 0.4) is 0 Å². The fourth-order valence-electron chi connectivity index (χ4n) is 5.43. The molecule has 0 saturated carbocycles. The number of hydrogen-bond acceptors (Lipinski definition) is 6. The van der Waals surface area contributed by atoms with Crippen LogP contribution in [0, 0.1) is 11.7 Å². The number of anilines is 2. The zero-order chi connectivity index (χ0) is 25.4. The molecular weight excluding hydrogens is 493 g/mol. The minimum atomic E-state index is -1.99. The van der Waals surface area contributed by atoms with Crippen molar-refractivity contribution >= 4 is 28.5 Å². The van der Waals surface area contributed by atoms with Crippen LogP contribution < -0.4 is 14.5 Å². The van der Waals surface area contributed by atoms with E-state index in [9.17, 15) is 8.60 Å². The van der Waals surface area contributed by atoms with Gasteiger partial charge < -0.3 is 9.80 Å². The largest absolute Gasteiger partial charge is 0.356 e. The van der Waals surface area contributed by atoms with Gasteiger partial charge in [0.2, 0.25) is 11.3 Å². The number of pyridine rings is 1. The number of rotatable bonds is 7. The third kappa shape index (κ3) is 4.94. The number of nitrogens with zero attached hydrogens (tertiary/aromatic N) is 6. The highest BCUT2D eigenvalue weighted by Gasteiger charge is 2.28. The molecule has 0 spiro atoms. The van der Waals surface area contributed by atoms with Gasteiger partial charge in [-0.25, -0.2) is 27.8 Å². The fourth-order valence-corrected chi connectivity index (χ4v) is 5.81. The average molecular weight is 522 g/mol. The molecule has 0 amide bonds. The second-order valence-electron chi connectivity index (χ2n) is 9.59. The van der Waals surface area contributed by atoms with E-state index in [4.69, 9.17) is 14.6 Å². The van der Waals surface area contributed by atoms with Crippen LogP contribution in [0.25, 0.3) is 17.0 Å². The summed E-state index contributed by atoms with van der Waals surface area (Å²) in [5.74, 6) is 1.75. The Balaban J connectivity index is 1.27. The van der Waals surface area contributed by atoms with Crippen LogP contribution in [-0.4, -0.2) is 54.5 Å². The summed E-state index contributed by atoms with van der Waals surface area (Å²) < 4.78 is 38.3. The van der Waals surface area contributed by atoms with Crippen molar-refractivity contribution in [3.8, 4) is 11.4 Å². The molecule has 2 aliphatic heterocycles. The number of hydrogen-bond donors (Lipinski definition) is 2. The van der Waals surface area contributed by atoms with Gasteiger partial charge in [0.05, 0.1) is 17.9 Å². The van der Waals surface area contributed by atoms with Crippen molar-refractivity contribution in [3.63, 3.8) is 0 Å². The predicted molar refractivity (Wildman–Crippen MR) is 141 cm³/mol. The molecule has 3 atom stereocenters. The highest BCUT2D eigenvalue weighted by atomic mass is 32.2. The molecular formula is C26H28FN7O2S. The van der Waals surface area contributed by atoms with Gasteiger partial charge in [0.25, 0.3) is 0 Å². The maximum Gasteiger partial charge on any atom is 0.231 e. The van der Waals surface area contributed by atoms with Crippen molar-refractivity contribution in [1.29, 1.82) is 0 Å². The summed E-state index contributed by atoms with van der Waals surface area (Å²) in [6, 6.07) is 16.8. The standard InChI is InChI=1S/C26H28FN7O2S/c27-20-5-1-4-19(14-20)22-7-3-12-33(22)26-10-9-24-28-16-23(34(24)31-26)21-6-2-8-25(30-21)32-13-11-18(17-32)15-29-37(35)36/h1-2,4-6,8-10,14,16,18,22,29H,3,7,11-13,15,17H2,(H,35,36)/t18-,22+/m0/s1. The molecule has 9 nitrogen and oxygen atoms in total. The van der Waals surface area contributed by atoms with Crippen molar-refractivity contribution in [1.82, 2.24) is 24.3 Å². The number of imidazole rings is 1. The molecule has 37 heavy (non-hydrogen) atoms. The molecule has 2 saturated heterocycles. The normalized spacial score (nSPS) is 20.7. The van der Waals surface area contributed by atoms with Crippen LogP contribution in [0.1, 0.15) is 30.9 Å². The minimum absolute atomic E-state index is 0.0786. The summed E-state index contributed by atoms with van der Waals surface area (Å²) in [5.41, 5.74) is 3.27. The first-order chi connectivity index (χ1) is 18.0. The third-order valence-corrected chi connectivity index (χ3v) is 7.64. The Labute approximate surface area is 216 Å². The van der Waals surface area contributed by atoms with Crippen LogP contribution >= 0.6 is 0 Å². The Morgan fingerprint density at radius 2 is 1.97 bits per heavy atom. The van der Waals surface area contributed by atoms with Gasteiger partial charge in [-0.2, -0.15) is 0 Å². The van der Waals surface area contributed by atoms with Crippen LogP contribution in [0.5, 0.6) is 0 Å². The number of fused-ring (bicyclic) bond motifs is 1. The Hall–Kier alpha value is -3.41. The molecule has 6 rings (SSSR count). The van der Waals surface area contributed by atoms with Crippen LogP contribution in [-0.2, 0) is 11.3 Å². The van der Waals surface area contributed by atoms with E-state index in [1.165, 1.54) is 6.07 Å². The van der Waals surface area contributed by atoms with Crippen molar-refractivity contribution in [3.05, 3.63) is 72.2 Å². The Morgan fingerprint density at radius 3 is 2.84 bits per heavy atom. The average Bonchev–Trinajstić information content (AvgIpc) is 3.67. The summed E-state index contributed by atoms with van der Waals surface area (Å²) in [5, 5.41) is 4.94. The number of benzene rings is 1. The predicted octanol–water partition coefficient (Wildman–Crippen LogP) is 3.82. The molecule has 2 N–H and O–H groups in total. The Bertz CT molecular complexity index is 1450. The first-order valence-corrected chi connectivity index (χ1v) is 13.6. The fraction of sp³-hybridized carbons (Fsp3) is 0.346. The molecule has 3 aromatic heterocycles. The summed E-state index contributed by atoms with van der Waals surface area (Å²) in [7, 11) is 0. The molecule has 5 heterocycles. The molecule has 2 aliphatic rings. The molecule has 0 radical (unpaired) electrons. The van der Waals surface area contributed by atoms with Gasteiger partial charge in [0.15, 0.2) is 5.65 Å². The zero-order valence-electron chi connectivity index (χ0n) is 20.2. The van der Waals surface area contributed by atoms with Gasteiger partial charge in [-0.05, 0) is 67.1 Å². The Morgan fingerprint density at radius 1 is 1.08 bits per heavy atom. The monoisotopic (exact) mass is 521 g/mol. The molecule has 1 unspecified atom stereocenters. The first kappa shape index (κ1) is 24.0. The quantitative estimate of drug-likeness (QED) is 0.357. The van der Waals surface area contributed by atoms with Crippen LogP contribution in [0.15, 0.2) is 60.8 Å². The highest BCUT2D eigenvalue weighted by molar-refractivity contribution is 7.77. The van der Waals surface area contributed by atoms with Crippen LogP contribution in [0.4, 0.5) is 16.0 Å². The maximum atomic E-state index is 13.9. The van der Waals surface area contributed by atoms with Crippen molar-refractivity contribution in [2.24, 2.45) is 5.92 Å². The molecule has 11 heteroatoms. The number of nitrogens with one attached hydrogen (secondary N) is 1. The van der Waals surface area contributed by atoms with Gasteiger partial charge in [-0.3, -0.25) is 4.55 Å². The lowest BCUT2D eigenvalue weighted by Crippen LogP contribution is -2.27. The summed E-state index contributed by atoms with van der Waals surface area (Å²) >= 11 is -1.99. The lowest BCUT2D eigenvalue weighted by Gasteiger charge is -2.26. The van der Waals surface area contributed by atoms with Gasteiger partial charge in [-0.1, -0.05) is 18.2 Å². The van der Waals surface area contributed by atoms with E-state index < -0.39 is 11.3 Å². The second-order valence-corrected chi connectivity index (χ2v) is 10.4. The van der Waals surface area contributed by atoms with Crippen LogP contribution in [0.2, 0.25) is 0 Å². The lowest BCUT2D eigenvalue weighted by atomic mass is 10.0. The van der Waals surface area contributed by atoms with E-state index in [1.54, 1.807) is 18.3 Å². The molecule has 4 aromatic rings. The third-order valence-electron chi connectivity index (χ3n) is 7.23. The Kier molecular flexibility index (Phi) is 6.58. The van der Waals surface area contributed by atoms with E-state index in [1.807, 2.05) is 40.9 Å². The van der Waals surface area contributed by atoms with E-state index in [0.717, 1.165) is 73.1 Å². The lowest BCUT2D eigenvalue weighted by molar-refractivity contribution is 0.521. The van der Waals surface area contributed by atoms with Gasteiger partial charge in [0.1, 0.15) is 23.1 Å². The summed E-state index contributed by atoms with van der Waals surface area (Å²) in [6.45, 7) is 2.96. The smallest absolute Gasteiger partial charge is 0.231 e. The summed E-state index contributed by atoms with van der Waals surface area (Å²) in [4.78, 5) is 13.9. The summed E-state index contributed by atoms with van der Waals surface area (Å²) in [6.07, 6.45) is 4.68. The molecule has 1 aromatic carbocycles. The molecule has 0 aliphatic carbocycles. The van der Waals surface area contributed by atoms with E-state index in [-0.39, 0.29) is 17.8 Å². The van der Waals surface area contributed by atoms with Gasteiger partial charge >= 0.3 is 0 Å². The second kappa shape index (κ2) is 10.2. The molecule has 0 bridgehead atoms. The van der Waals surface area contributed by atoms with E-state index >= 15 is 0 Å². The highest BCUT2D eigenvalue weighted by Crippen LogP contribution is 2.36. The molecule has 2 fully saturated rings. The minimum Gasteiger partial charge on any atom is -0.356 e. The van der Waals surface area contributed by atoms with Crippen molar-refractivity contribution in [2.45, 2.75) is 25.3 Å². The van der Waals surface area contributed by atoms with Crippen molar-refractivity contribution in [2.75, 3.05) is 36.0 Å². The SMILES string of the molecule is O=S(O)NC[C@@H]1CCN(c2cccc(-c3cnc4ccc(N5CCC[C@@H]5c5cccc(F)c5)nn34)n2)C1. The first-order valence-electron chi connectivity index (χ1n) is 12.5. The topological polar surface area (TPSA) is 98.9 Å².